The van der Waals surface area contributed by atoms with Gasteiger partial charge in [-0.2, -0.15) is 0 Å². The fourth-order valence-electron chi connectivity index (χ4n) is 2.01. The van der Waals surface area contributed by atoms with Gasteiger partial charge in [0, 0.05) is 11.0 Å². The van der Waals surface area contributed by atoms with Gasteiger partial charge in [-0.1, -0.05) is 0 Å². The molecule has 1 aromatic carbocycles. The molecule has 0 aromatic heterocycles. The van der Waals surface area contributed by atoms with E-state index >= 15 is 0 Å². The van der Waals surface area contributed by atoms with Crippen molar-refractivity contribution in [2.75, 3.05) is 32.5 Å². The number of morpholine rings is 1. The number of hydrogen-bond donors (Lipinski definition) is 1. The molecule has 1 aliphatic heterocycles. The first-order valence-electron chi connectivity index (χ1n) is 6.17. The van der Waals surface area contributed by atoms with Gasteiger partial charge in [0.05, 0.1) is 31.5 Å². The molecule has 1 saturated heterocycles. The third-order valence-corrected chi connectivity index (χ3v) is 3.79. The summed E-state index contributed by atoms with van der Waals surface area (Å²) in [7, 11) is 1.25. The molecule has 0 aliphatic carbocycles. The maximum Gasteiger partial charge on any atom is 0.336 e. The van der Waals surface area contributed by atoms with Crippen molar-refractivity contribution in [2.45, 2.75) is 6.10 Å². The van der Waals surface area contributed by atoms with E-state index in [1.54, 1.807) is 0 Å². The molecule has 2 N–H and O–H groups in total. The first kappa shape index (κ1) is 15.7. The van der Waals surface area contributed by atoms with Gasteiger partial charge in [0.2, 0.25) is 0 Å². The lowest BCUT2D eigenvalue weighted by molar-refractivity contribution is -0.158. The number of amides is 1. The Morgan fingerprint density at radius 3 is 2.90 bits per heavy atom. The Labute approximate surface area is 129 Å². The minimum absolute atomic E-state index is 0.0786. The van der Waals surface area contributed by atoms with E-state index in [1.165, 1.54) is 18.1 Å². The Balaban J connectivity index is 2.20. The van der Waals surface area contributed by atoms with Crippen molar-refractivity contribution in [3.05, 3.63) is 28.0 Å². The van der Waals surface area contributed by atoms with Crippen LogP contribution in [-0.4, -0.2) is 49.7 Å². The third-order valence-electron chi connectivity index (χ3n) is 3.13. The maximum atomic E-state index is 13.3. The van der Waals surface area contributed by atoms with Crippen LogP contribution in [0.2, 0.25) is 0 Å². The Morgan fingerprint density at radius 2 is 2.24 bits per heavy atom. The largest absolute Gasteiger partial charge is 0.467 e. The summed E-state index contributed by atoms with van der Waals surface area (Å²) in [5, 5.41) is 0. The van der Waals surface area contributed by atoms with E-state index in [1.807, 2.05) is 0 Å². The van der Waals surface area contributed by atoms with Crippen LogP contribution in [0.15, 0.2) is 16.6 Å². The zero-order chi connectivity index (χ0) is 15.6. The topological polar surface area (TPSA) is 81.9 Å². The van der Waals surface area contributed by atoms with Crippen LogP contribution >= 0.6 is 15.9 Å². The average molecular weight is 361 g/mol. The van der Waals surface area contributed by atoms with E-state index in [4.69, 9.17) is 10.5 Å². The van der Waals surface area contributed by atoms with E-state index in [2.05, 4.69) is 20.7 Å². The van der Waals surface area contributed by atoms with E-state index < -0.39 is 17.9 Å². The van der Waals surface area contributed by atoms with Crippen molar-refractivity contribution in [3.63, 3.8) is 0 Å². The molecule has 114 valence electrons. The van der Waals surface area contributed by atoms with Gasteiger partial charge in [-0.15, -0.1) is 0 Å². The van der Waals surface area contributed by atoms with Crippen molar-refractivity contribution in [2.24, 2.45) is 0 Å². The standard InChI is InChI=1S/C13H14BrFN2O4/c1-20-13(19)11-6-17(2-3-21-11)12(18)7-4-10(16)9(15)5-8(7)14/h4-5,11H,2-3,6,16H2,1H3. The van der Waals surface area contributed by atoms with Gasteiger partial charge in [-0.05, 0) is 28.1 Å². The third kappa shape index (κ3) is 3.33. The fourth-order valence-corrected chi connectivity index (χ4v) is 2.49. The van der Waals surface area contributed by atoms with Crippen molar-refractivity contribution in [3.8, 4) is 0 Å². The summed E-state index contributed by atoms with van der Waals surface area (Å²) in [6.07, 6.45) is -0.815. The van der Waals surface area contributed by atoms with Crippen molar-refractivity contribution in [1.29, 1.82) is 0 Å². The Kier molecular flexibility index (Phi) is 4.79. The zero-order valence-electron chi connectivity index (χ0n) is 11.3. The van der Waals surface area contributed by atoms with E-state index in [0.717, 1.165) is 6.07 Å². The summed E-state index contributed by atoms with van der Waals surface area (Å²) in [4.78, 5) is 25.4. The predicted octanol–water partition coefficient (Wildman–Crippen LogP) is 1.18. The number of benzene rings is 1. The summed E-state index contributed by atoms with van der Waals surface area (Å²) in [5.74, 6) is -1.50. The van der Waals surface area contributed by atoms with Crippen LogP contribution in [-0.2, 0) is 14.3 Å². The first-order valence-corrected chi connectivity index (χ1v) is 6.96. The molecule has 1 aliphatic rings. The summed E-state index contributed by atoms with van der Waals surface area (Å²) in [6.45, 7) is 0.630. The lowest BCUT2D eigenvalue weighted by Crippen LogP contribution is -2.49. The number of carbonyl (C=O) groups excluding carboxylic acids is 2. The smallest absolute Gasteiger partial charge is 0.336 e. The van der Waals surface area contributed by atoms with Crippen LogP contribution in [0.3, 0.4) is 0 Å². The Morgan fingerprint density at radius 1 is 1.52 bits per heavy atom. The number of halogens is 2. The summed E-state index contributed by atoms with van der Waals surface area (Å²) in [6, 6.07) is 2.41. The molecule has 1 fully saturated rings. The summed E-state index contributed by atoms with van der Waals surface area (Å²) < 4.78 is 23.5. The molecule has 6 nitrogen and oxygen atoms in total. The highest BCUT2D eigenvalue weighted by Gasteiger charge is 2.31. The molecular weight excluding hydrogens is 347 g/mol. The number of methoxy groups -OCH3 is 1. The molecule has 21 heavy (non-hydrogen) atoms. The van der Waals surface area contributed by atoms with Crippen molar-refractivity contribution < 1.29 is 23.5 Å². The lowest BCUT2D eigenvalue weighted by atomic mass is 10.1. The molecule has 1 heterocycles. The van der Waals surface area contributed by atoms with Crippen LogP contribution in [0, 0.1) is 5.82 Å². The van der Waals surface area contributed by atoms with Gasteiger partial charge >= 0.3 is 5.97 Å². The zero-order valence-corrected chi connectivity index (χ0v) is 12.9. The number of nitrogens with two attached hydrogens (primary N) is 1. The maximum absolute atomic E-state index is 13.3. The summed E-state index contributed by atoms with van der Waals surface area (Å²) in [5.41, 5.74) is 5.61. The molecule has 0 spiro atoms. The normalized spacial score (nSPS) is 18.4. The molecule has 1 unspecified atom stereocenters. The molecule has 1 atom stereocenters. The van der Waals surface area contributed by atoms with Crippen LogP contribution in [0.5, 0.6) is 0 Å². The summed E-state index contributed by atoms with van der Waals surface area (Å²) >= 11 is 3.14. The van der Waals surface area contributed by atoms with Crippen LogP contribution in [0.25, 0.3) is 0 Å². The second-order valence-electron chi connectivity index (χ2n) is 4.49. The molecule has 8 heteroatoms. The van der Waals surface area contributed by atoms with Gasteiger partial charge < -0.3 is 20.1 Å². The van der Waals surface area contributed by atoms with E-state index in [9.17, 15) is 14.0 Å². The Hall–Kier alpha value is -1.67. The molecule has 1 aromatic rings. The SMILES string of the molecule is COC(=O)C1CN(C(=O)c2cc(N)c(F)cc2Br)CCO1. The monoisotopic (exact) mass is 360 g/mol. The number of ether oxygens (including phenoxy) is 2. The minimum Gasteiger partial charge on any atom is -0.467 e. The van der Waals surface area contributed by atoms with Gasteiger partial charge in [0.15, 0.2) is 6.10 Å². The molecule has 0 radical (unpaired) electrons. The number of anilines is 1. The second kappa shape index (κ2) is 6.40. The predicted molar refractivity (Wildman–Crippen MR) is 76.2 cm³/mol. The van der Waals surface area contributed by atoms with E-state index in [0.29, 0.717) is 11.0 Å². The highest BCUT2D eigenvalue weighted by molar-refractivity contribution is 9.10. The van der Waals surface area contributed by atoms with Gasteiger partial charge in [-0.25, -0.2) is 9.18 Å². The van der Waals surface area contributed by atoms with Crippen LogP contribution in [0.1, 0.15) is 10.4 Å². The fraction of sp³-hybridized carbons (Fsp3) is 0.385. The number of rotatable bonds is 2. The lowest BCUT2D eigenvalue weighted by Gasteiger charge is -2.31. The number of nitrogens with zero attached hydrogens (tertiary/aromatic N) is 1. The van der Waals surface area contributed by atoms with Gasteiger partial charge in [0.1, 0.15) is 5.82 Å². The molecule has 1 amide bonds. The molecular formula is C13H14BrFN2O4. The molecule has 0 saturated carbocycles. The van der Waals surface area contributed by atoms with Crippen LogP contribution < -0.4 is 5.73 Å². The highest BCUT2D eigenvalue weighted by Crippen LogP contribution is 2.25. The average Bonchev–Trinajstić information content (AvgIpc) is 2.49. The number of carbonyl (C=O) groups is 2. The quantitative estimate of drug-likeness (QED) is 0.632. The van der Waals surface area contributed by atoms with Gasteiger partial charge in [-0.3, -0.25) is 4.79 Å². The number of nitrogen functional groups attached to an aromatic ring is 1. The van der Waals surface area contributed by atoms with Gasteiger partial charge in [0.25, 0.3) is 5.91 Å². The van der Waals surface area contributed by atoms with Crippen LogP contribution in [0.4, 0.5) is 10.1 Å². The number of esters is 1. The number of hydrogen-bond acceptors (Lipinski definition) is 5. The van der Waals surface area contributed by atoms with Crippen molar-refractivity contribution in [1.82, 2.24) is 4.90 Å². The Bertz CT molecular complexity index is 582. The molecule has 2 rings (SSSR count). The minimum atomic E-state index is -0.815. The van der Waals surface area contributed by atoms with E-state index in [-0.39, 0.29) is 30.3 Å². The highest BCUT2D eigenvalue weighted by atomic mass is 79.9. The first-order chi connectivity index (χ1) is 9.93. The van der Waals surface area contributed by atoms with Crippen molar-refractivity contribution >= 4 is 33.5 Å². The second-order valence-corrected chi connectivity index (χ2v) is 5.34. The molecule has 0 bridgehead atoms.